The van der Waals surface area contributed by atoms with Crippen molar-refractivity contribution >= 4 is 17.6 Å². The lowest BCUT2D eigenvalue weighted by atomic mass is 10.3. The molecule has 0 aromatic rings. The zero-order valence-corrected chi connectivity index (χ0v) is 8.62. The molecule has 1 aliphatic heterocycles. The minimum Gasteiger partial charge on any atom is -0.371 e. The number of amides is 2. The van der Waals surface area contributed by atoms with Gasteiger partial charge in [-0.05, 0) is 7.05 Å². The fourth-order valence-corrected chi connectivity index (χ4v) is 1.28. The highest BCUT2D eigenvalue weighted by Gasteiger charge is 2.25. The second-order valence-electron chi connectivity index (χ2n) is 3.25. The standard InChI is InChI=1S/C9H14N2O4/c1-10-4-7(12)5-11-8(13)2-3-15-6-9(11)14/h10H,2-6H2,1H3. The molecule has 0 spiro atoms. The number of imide groups is 1. The molecule has 0 saturated carbocycles. The summed E-state index contributed by atoms with van der Waals surface area (Å²) in [6.45, 7) is 0.0969. The van der Waals surface area contributed by atoms with Gasteiger partial charge in [0.05, 0.1) is 26.1 Å². The van der Waals surface area contributed by atoms with Gasteiger partial charge in [0.2, 0.25) is 5.91 Å². The first kappa shape index (κ1) is 11.8. The molecule has 1 aliphatic rings. The predicted molar refractivity (Wildman–Crippen MR) is 51.1 cm³/mol. The number of nitrogens with one attached hydrogen (secondary N) is 1. The molecule has 0 aliphatic carbocycles. The van der Waals surface area contributed by atoms with Gasteiger partial charge in [0.1, 0.15) is 6.61 Å². The molecule has 15 heavy (non-hydrogen) atoms. The van der Waals surface area contributed by atoms with Crippen LogP contribution in [-0.2, 0) is 19.1 Å². The summed E-state index contributed by atoms with van der Waals surface area (Å²) < 4.78 is 4.91. The first-order valence-corrected chi connectivity index (χ1v) is 4.72. The summed E-state index contributed by atoms with van der Waals surface area (Å²) in [5.74, 6) is -0.981. The Bertz CT molecular complexity index is 259. The van der Waals surface area contributed by atoms with Crippen LogP contribution in [0.1, 0.15) is 6.42 Å². The summed E-state index contributed by atoms with van der Waals surface area (Å²) in [4.78, 5) is 35.0. The number of nitrogens with zero attached hydrogens (tertiary/aromatic N) is 1. The number of hydrogen-bond donors (Lipinski definition) is 1. The van der Waals surface area contributed by atoms with Crippen LogP contribution in [0.15, 0.2) is 0 Å². The van der Waals surface area contributed by atoms with Gasteiger partial charge >= 0.3 is 0 Å². The van der Waals surface area contributed by atoms with Crippen molar-refractivity contribution in [2.45, 2.75) is 6.42 Å². The molecule has 0 aromatic heterocycles. The monoisotopic (exact) mass is 214 g/mol. The quantitative estimate of drug-likeness (QED) is 0.579. The Labute approximate surface area is 87.6 Å². The van der Waals surface area contributed by atoms with Crippen LogP contribution >= 0.6 is 0 Å². The van der Waals surface area contributed by atoms with Gasteiger partial charge in [0.15, 0.2) is 5.78 Å². The van der Waals surface area contributed by atoms with E-state index in [4.69, 9.17) is 4.74 Å². The van der Waals surface area contributed by atoms with Crippen molar-refractivity contribution in [2.24, 2.45) is 0 Å². The number of ketones is 1. The molecule has 6 heteroatoms. The summed E-state index contributed by atoms with van der Waals surface area (Å²) in [7, 11) is 1.63. The van der Waals surface area contributed by atoms with Crippen LogP contribution in [0.25, 0.3) is 0 Å². The van der Waals surface area contributed by atoms with Crippen LogP contribution in [0.3, 0.4) is 0 Å². The summed E-state index contributed by atoms with van der Waals surface area (Å²) in [5.41, 5.74) is 0. The molecule has 1 rings (SSSR count). The Balaban J connectivity index is 2.59. The van der Waals surface area contributed by atoms with Gasteiger partial charge < -0.3 is 10.1 Å². The summed E-state index contributed by atoms with van der Waals surface area (Å²) >= 11 is 0. The molecule has 1 fully saturated rings. The molecule has 2 amide bonds. The number of rotatable bonds is 4. The van der Waals surface area contributed by atoms with E-state index in [1.807, 2.05) is 0 Å². The first-order valence-electron chi connectivity index (χ1n) is 4.72. The van der Waals surface area contributed by atoms with E-state index in [1.54, 1.807) is 7.05 Å². The Kier molecular flexibility index (Phi) is 4.38. The molecule has 84 valence electrons. The highest BCUT2D eigenvalue weighted by molar-refractivity contribution is 6.00. The second-order valence-corrected chi connectivity index (χ2v) is 3.25. The van der Waals surface area contributed by atoms with Crippen LogP contribution < -0.4 is 5.32 Å². The predicted octanol–water partition coefficient (Wildman–Crippen LogP) is -1.45. The lowest BCUT2D eigenvalue weighted by Gasteiger charge is -2.16. The van der Waals surface area contributed by atoms with Gasteiger partial charge in [-0.25, -0.2) is 0 Å². The Morgan fingerprint density at radius 1 is 1.47 bits per heavy atom. The van der Waals surface area contributed by atoms with Crippen LogP contribution in [0, 0.1) is 0 Å². The number of hydrogen-bond acceptors (Lipinski definition) is 5. The van der Waals surface area contributed by atoms with Gasteiger partial charge in [-0.3, -0.25) is 19.3 Å². The van der Waals surface area contributed by atoms with Crippen LogP contribution in [-0.4, -0.2) is 55.8 Å². The molecule has 1 N–H and O–H groups in total. The molecular weight excluding hydrogens is 200 g/mol. The van der Waals surface area contributed by atoms with Crippen molar-refractivity contribution in [3.05, 3.63) is 0 Å². The Hall–Kier alpha value is -1.27. The molecular formula is C9H14N2O4. The van der Waals surface area contributed by atoms with Crippen LogP contribution in [0.2, 0.25) is 0 Å². The maximum absolute atomic E-state index is 11.4. The van der Waals surface area contributed by atoms with Crippen molar-refractivity contribution in [3.63, 3.8) is 0 Å². The Morgan fingerprint density at radius 3 is 2.87 bits per heavy atom. The molecule has 6 nitrogen and oxygen atoms in total. The van der Waals surface area contributed by atoms with Crippen molar-refractivity contribution < 1.29 is 19.1 Å². The third kappa shape index (κ3) is 3.41. The molecule has 0 unspecified atom stereocenters. The van der Waals surface area contributed by atoms with E-state index < -0.39 is 5.91 Å². The fraction of sp³-hybridized carbons (Fsp3) is 0.667. The van der Waals surface area contributed by atoms with Crippen LogP contribution in [0.4, 0.5) is 0 Å². The molecule has 0 atom stereocenters. The van der Waals surface area contributed by atoms with Gasteiger partial charge in [-0.2, -0.15) is 0 Å². The number of Topliss-reactive ketones (excluding diaryl/α,β-unsaturated/α-hetero) is 1. The molecule has 0 aromatic carbocycles. The maximum atomic E-state index is 11.4. The summed E-state index contributed by atoms with van der Waals surface area (Å²) in [5, 5.41) is 2.67. The topological polar surface area (TPSA) is 75.7 Å². The smallest absolute Gasteiger partial charge is 0.255 e. The van der Waals surface area contributed by atoms with E-state index in [2.05, 4.69) is 5.32 Å². The number of likely N-dealkylation sites (N-methyl/N-ethyl adjacent to an activating group) is 1. The fourth-order valence-electron chi connectivity index (χ4n) is 1.28. The van der Waals surface area contributed by atoms with Gasteiger partial charge in [-0.15, -0.1) is 0 Å². The SMILES string of the molecule is CNCC(=O)CN1C(=O)CCOCC1=O. The molecule has 1 saturated heterocycles. The Morgan fingerprint density at radius 2 is 2.20 bits per heavy atom. The zero-order valence-electron chi connectivity index (χ0n) is 8.62. The van der Waals surface area contributed by atoms with E-state index >= 15 is 0 Å². The highest BCUT2D eigenvalue weighted by Crippen LogP contribution is 2.02. The number of carbonyl (C=O) groups is 3. The zero-order chi connectivity index (χ0) is 11.3. The second kappa shape index (κ2) is 5.57. The average Bonchev–Trinajstić information content (AvgIpc) is 2.33. The molecule has 1 heterocycles. The third-order valence-corrected chi connectivity index (χ3v) is 2.00. The number of carbonyl (C=O) groups excluding carboxylic acids is 3. The minimum atomic E-state index is -0.443. The number of ether oxygens (including phenoxy) is 1. The molecule has 0 bridgehead atoms. The maximum Gasteiger partial charge on any atom is 0.255 e. The average molecular weight is 214 g/mol. The summed E-state index contributed by atoms with van der Waals surface area (Å²) in [6, 6.07) is 0. The van der Waals surface area contributed by atoms with Gasteiger partial charge in [0, 0.05) is 0 Å². The van der Waals surface area contributed by atoms with Crippen LogP contribution in [0.5, 0.6) is 0 Å². The highest BCUT2D eigenvalue weighted by atomic mass is 16.5. The third-order valence-electron chi connectivity index (χ3n) is 2.00. The first-order chi connectivity index (χ1) is 7.15. The van der Waals surface area contributed by atoms with Crippen molar-refractivity contribution in [3.8, 4) is 0 Å². The van der Waals surface area contributed by atoms with E-state index in [0.717, 1.165) is 4.90 Å². The van der Waals surface area contributed by atoms with Gasteiger partial charge in [0.25, 0.3) is 5.91 Å². The van der Waals surface area contributed by atoms with E-state index in [0.29, 0.717) is 0 Å². The van der Waals surface area contributed by atoms with E-state index in [9.17, 15) is 14.4 Å². The van der Waals surface area contributed by atoms with Gasteiger partial charge in [-0.1, -0.05) is 0 Å². The minimum absolute atomic E-state index is 0.126. The lowest BCUT2D eigenvalue weighted by Crippen LogP contribution is -2.42. The van der Waals surface area contributed by atoms with E-state index in [-0.39, 0.29) is 44.4 Å². The van der Waals surface area contributed by atoms with Crippen molar-refractivity contribution in [1.29, 1.82) is 0 Å². The summed E-state index contributed by atoms with van der Waals surface area (Å²) in [6.07, 6.45) is 0.151. The van der Waals surface area contributed by atoms with Crippen molar-refractivity contribution in [1.82, 2.24) is 10.2 Å². The van der Waals surface area contributed by atoms with E-state index in [1.165, 1.54) is 0 Å². The molecule has 0 radical (unpaired) electrons. The normalized spacial score (nSPS) is 17.8. The largest absolute Gasteiger partial charge is 0.371 e. The lowest BCUT2D eigenvalue weighted by molar-refractivity contribution is -0.146. The van der Waals surface area contributed by atoms with Crippen molar-refractivity contribution in [2.75, 3.05) is 33.4 Å².